The van der Waals surface area contributed by atoms with Crippen LogP contribution in [-0.2, 0) is 6.54 Å². The Morgan fingerprint density at radius 3 is 2.85 bits per heavy atom. The number of aromatic nitrogens is 2. The highest BCUT2D eigenvalue weighted by atomic mass is 35.5. The van der Waals surface area contributed by atoms with Crippen molar-refractivity contribution in [1.29, 1.82) is 0 Å². The Morgan fingerprint density at radius 2 is 2.10 bits per heavy atom. The molecular formula is C15H21ClN4. The van der Waals surface area contributed by atoms with Crippen LogP contribution < -0.4 is 5.32 Å². The van der Waals surface area contributed by atoms with Crippen LogP contribution in [0.3, 0.4) is 0 Å². The van der Waals surface area contributed by atoms with Crippen LogP contribution in [0.15, 0.2) is 42.7 Å². The third kappa shape index (κ3) is 3.39. The van der Waals surface area contributed by atoms with E-state index in [9.17, 15) is 0 Å². The summed E-state index contributed by atoms with van der Waals surface area (Å²) in [6.07, 6.45) is 4.10. The van der Waals surface area contributed by atoms with Gasteiger partial charge in [-0.15, -0.1) is 12.4 Å². The van der Waals surface area contributed by atoms with E-state index in [-0.39, 0.29) is 12.4 Å². The highest BCUT2D eigenvalue weighted by Crippen LogP contribution is 2.12. The second-order valence-corrected chi connectivity index (χ2v) is 5.15. The van der Waals surface area contributed by atoms with E-state index in [1.165, 1.54) is 5.56 Å². The highest BCUT2D eigenvalue weighted by Gasteiger charge is 2.18. The van der Waals surface area contributed by atoms with Crippen molar-refractivity contribution in [2.24, 2.45) is 0 Å². The molecule has 0 aliphatic carbocycles. The molecule has 0 spiro atoms. The Labute approximate surface area is 126 Å². The van der Waals surface area contributed by atoms with Gasteiger partial charge in [0.05, 0.1) is 11.9 Å². The molecule has 0 radical (unpaired) electrons. The van der Waals surface area contributed by atoms with E-state index in [0.717, 1.165) is 31.9 Å². The SMILES string of the molecule is C[C@H]1CNCCN1Cc1cnn(-c2ccccc2)c1.Cl. The topological polar surface area (TPSA) is 33.1 Å². The fourth-order valence-electron chi connectivity index (χ4n) is 2.52. The lowest BCUT2D eigenvalue weighted by atomic mass is 10.2. The summed E-state index contributed by atoms with van der Waals surface area (Å²) >= 11 is 0. The fourth-order valence-corrected chi connectivity index (χ4v) is 2.52. The van der Waals surface area contributed by atoms with E-state index < -0.39 is 0 Å². The summed E-state index contributed by atoms with van der Waals surface area (Å²) in [5.74, 6) is 0. The quantitative estimate of drug-likeness (QED) is 0.940. The predicted molar refractivity (Wildman–Crippen MR) is 83.6 cm³/mol. The average molecular weight is 293 g/mol. The molecule has 2 heterocycles. The molecule has 1 saturated heterocycles. The minimum absolute atomic E-state index is 0. The van der Waals surface area contributed by atoms with E-state index in [1.54, 1.807) is 0 Å². The number of nitrogens with zero attached hydrogens (tertiary/aromatic N) is 3. The lowest BCUT2D eigenvalue weighted by molar-refractivity contribution is 0.165. The van der Waals surface area contributed by atoms with Gasteiger partial charge in [0.1, 0.15) is 0 Å². The summed E-state index contributed by atoms with van der Waals surface area (Å²) in [5.41, 5.74) is 2.39. The Kier molecular flexibility index (Phi) is 5.17. The normalized spacial score (nSPS) is 19.6. The largest absolute Gasteiger partial charge is 0.314 e. The molecule has 0 amide bonds. The van der Waals surface area contributed by atoms with Gasteiger partial charge in [-0.25, -0.2) is 4.68 Å². The summed E-state index contributed by atoms with van der Waals surface area (Å²) < 4.78 is 1.95. The maximum absolute atomic E-state index is 4.45. The number of hydrogen-bond acceptors (Lipinski definition) is 3. The number of benzene rings is 1. The summed E-state index contributed by atoms with van der Waals surface area (Å²) in [5, 5.41) is 7.87. The molecule has 5 heteroatoms. The van der Waals surface area contributed by atoms with Gasteiger partial charge in [-0.1, -0.05) is 18.2 Å². The molecule has 1 N–H and O–H groups in total. The van der Waals surface area contributed by atoms with Crippen molar-refractivity contribution in [1.82, 2.24) is 20.0 Å². The molecular weight excluding hydrogens is 272 g/mol. The maximum atomic E-state index is 4.45. The first-order valence-electron chi connectivity index (χ1n) is 6.86. The highest BCUT2D eigenvalue weighted by molar-refractivity contribution is 5.85. The first kappa shape index (κ1) is 15.0. The predicted octanol–water partition coefficient (Wildman–Crippen LogP) is 2.09. The molecule has 1 aliphatic heterocycles. The molecule has 0 unspecified atom stereocenters. The molecule has 108 valence electrons. The molecule has 0 saturated carbocycles. The van der Waals surface area contributed by atoms with Crippen molar-refractivity contribution in [3.63, 3.8) is 0 Å². The van der Waals surface area contributed by atoms with Gasteiger partial charge in [-0.05, 0) is 19.1 Å². The van der Waals surface area contributed by atoms with Gasteiger partial charge in [0.25, 0.3) is 0 Å². The number of hydrogen-bond donors (Lipinski definition) is 1. The molecule has 20 heavy (non-hydrogen) atoms. The summed E-state index contributed by atoms with van der Waals surface area (Å²) in [6.45, 7) is 6.52. The Hall–Kier alpha value is -1.36. The van der Waals surface area contributed by atoms with Crippen LogP contribution in [0.1, 0.15) is 12.5 Å². The zero-order chi connectivity index (χ0) is 13.1. The molecule has 1 aromatic carbocycles. The van der Waals surface area contributed by atoms with Crippen LogP contribution in [0.4, 0.5) is 0 Å². The third-order valence-corrected chi connectivity index (χ3v) is 3.68. The fraction of sp³-hybridized carbons (Fsp3) is 0.400. The molecule has 2 aromatic rings. The van der Waals surface area contributed by atoms with E-state index in [2.05, 4.69) is 40.6 Å². The van der Waals surface area contributed by atoms with Crippen molar-refractivity contribution in [3.8, 4) is 5.69 Å². The molecule has 3 rings (SSSR count). The monoisotopic (exact) mass is 292 g/mol. The second kappa shape index (κ2) is 6.88. The van der Waals surface area contributed by atoms with E-state index >= 15 is 0 Å². The lowest BCUT2D eigenvalue weighted by Gasteiger charge is -2.33. The van der Waals surface area contributed by atoms with Gasteiger partial charge in [0.15, 0.2) is 0 Å². The van der Waals surface area contributed by atoms with Crippen molar-refractivity contribution in [3.05, 3.63) is 48.3 Å². The maximum Gasteiger partial charge on any atom is 0.0645 e. The van der Waals surface area contributed by atoms with Gasteiger partial charge >= 0.3 is 0 Å². The summed E-state index contributed by atoms with van der Waals surface area (Å²) in [6, 6.07) is 10.8. The van der Waals surface area contributed by atoms with Crippen molar-refractivity contribution in [2.75, 3.05) is 19.6 Å². The summed E-state index contributed by atoms with van der Waals surface area (Å²) in [7, 11) is 0. The minimum Gasteiger partial charge on any atom is -0.314 e. The van der Waals surface area contributed by atoms with Crippen LogP contribution in [0, 0.1) is 0 Å². The molecule has 1 aromatic heterocycles. The first-order chi connectivity index (χ1) is 9.33. The first-order valence-corrected chi connectivity index (χ1v) is 6.86. The third-order valence-electron chi connectivity index (χ3n) is 3.68. The van der Waals surface area contributed by atoms with Crippen molar-refractivity contribution in [2.45, 2.75) is 19.5 Å². The van der Waals surface area contributed by atoms with Crippen LogP contribution in [-0.4, -0.2) is 40.4 Å². The zero-order valence-corrected chi connectivity index (χ0v) is 12.5. The van der Waals surface area contributed by atoms with Gasteiger partial charge < -0.3 is 5.32 Å². The van der Waals surface area contributed by atoms with Gasteiger partial charge in [0.2, 0.25) is 0 Å². The standard InChI is InChI=1S/C15H20N4.ClH/c1-13-9-16-7-8-18(13)11-14-10-17-19(12-14)15-5-3-2-4-6-15;/h2-6,10,12-13,16H,7-9,11H2,1H3;1H/t13-;/m0./s1. The smallest absolute Gasteiger partial charge is 0.0645 e. The molecule has 1 aliphatic rings. The van der Waals surface area contributed by atoms with E-state index in [1.807, 2.05) is 29.1 Å². The van der Waals surface area contributed by atoms with E-state index in [0.29, 0.717) is 6.04 Å². The number of piperazine rings is 1. The number of halogens is 1. The molecule has 0 bridgehead atoms. The van der Waals surface area contributed by atoms with Gasteiger partial charge in [-0.2, -0.15) is 5.10 Å². The second-order valence-electron chi connectivity index (χ2n) is 5.15. The number of rotatable bonds is 3. The molecule has 1 atom stereocenters. The Bertz CT molecular complexity index is 526. The van der Waals surface area contributed by atoms with Crippen molar-refractivity contribution >= 4 is 12.4 Å². The number of para-hydroxylation sites is 1. The van der Waals surface area contributed by atoms with Gasteiger partial charge in [-0.3, -0.25) is 4.90 Å². The summed E-state index contributed by atoms with van der Waals surface area (Å²) in [4.78, 5) is 2.50. The van der Waals surface area contributed by atoms with Crippen LogP contribution in [0.2, 0.25) is 0 Å². The molecule has 1 fully saturated rings. The van der Waals surface area contributed by atoms with E-state index in [4.69, 9.17) is 0 Å². The molecule has 4 nitrogen and oxygen atoms in total. The van der Waals surface area contributed by atoms with Crippen molar-refractivity contribution < 1.29 is 0 Å². The van der Waals surface area contributed by atoms with Crippen LogP contribution in [0.25, 0.3) is 5.69 Å². The Balaban J connectivity index is 0.00000147. The Morgan fingerprint density at radius 1 is 1.30 bits per heavy atom. The number of nitrogens with one attached hydrogen (secondary N) is 1. The average Bonchev–Trinajstić information content (AvgIpc) is 2.91. The van der Waals surface area contributed by atoms with Crippen LogP contribution >= 0.6 is 12.4 Å². The van der Waals surface area contributed by atoms with Crippen LogP contribution in [0.5, 0.6) is 0 Å². The zero-order valence-electron chi connectivity index (χ0n) is 11.7. The lowest BCUT2D eigenvalue weighted by Crippen LogP contribution is -2.49. The minimum atomic E-state index is 0. The van der Waals surface area contributed by atoms with Gasteiger partial charge in [0, 0.05) is 44.0 Å².